The normalized spacial score (nSPS) is 11.0. The molecule has 0 aliphatic carbocycles. The molecule has 2 N–H and O–H groups in total. The minimum Gasteiger partial charge on any atom is -0.507 e. The number of phenolic OH excluding ortho intramolecular Hbond substituents is 1. The van der Waals surface area contributed by atoms with E-state index in [2.05, 4.69) is 20.6 Å². The molecular formula is C23H19N5O2. The number of hydrazone groups is 1. The quantitative estimate of drug-likeness (QED) is 0.397. The molecular weight excluding hydrogens is 378 g/mol. The standard InChI is InChI=1S/C23H19N5O2/c1-16-12-13-20(29)18(14-16)15-24-26-23(30)21-25-22(17-8-4-2-5-9-17)28(27-21)19-10-6-3-7-11-19/h2-15,29H,1H3,(H,26,30)/b24-15-. The van der Waals surface area contributed by atoms with E-state index in [9.17, 15) is 9.90 Å². The van der Waals surface area contributed by atoms with Crippen molar-refractivity contribution in [1.29, 1.82) is 0 Å². The summed E-state index contributed by atoms with van der Waals surface area (Å²) in [6, 6.07) is 24.1. The molecule has 4 aromatic rings. The van der Waals surface area contributed by atoms with Gasteiger partial charge in [0.1, 0.15) is 5.75 Å². The smallest absolute Gasteiger partial charge is 0.311 e. The van der Waals surface area contributed by atoms with Crippen LogP contribution in [0.2, 0.25) is 0 Å². The van der Waals surface area contributed by atoms with Crippen LogP contribution >= 0.6 is 0 Å². The maximum atomic E-state index is 12.6. The first kappa shape index (κ1) is 19.1. The van der Waals surface area contributed by atoms with E-state index in [-0.39, 0.29) is 11.6 Å². The molecule has 7 nitrogen and oxygen atoms in total. The Hall–Kier alpha value is -4.26. The number of aromatic nitrogens is 3. The highest BCUT2D eigenvalue weighted by Gasteiger charge is 2.18. The van der Waals surface area contributed by atoms with Gasteiger partial charge in [0.25, 0.3) is 0 Å². The Morgan fingerprint density at radius 3 is 2.47 bits per heavy atom. The van der Waals surface area contributed by atoms with Crippen LogP contribution in [0.5, 0.6) is 5.75 Å². The van der Waals surface area contributed by atoms with Crippen molar-refractivity contribution in [1.82, 2.24) is 20.2 Å². The van der Waals surface area contributed by atoms with Crippen LogP contribution in [0.3, 0.4) is 0 Å². The summed E-state index contributed by atoms with van der Waals surface area (Å²) in [7, 11) is 0. The fourth-order valence-electron chi connectivity index (χ4n) is 2.92. The van der Waals surface area contributed by atoms with Gasteiger partial charge in [-0.3, -0.25) is 4.79 Å². The monoisotopic (exact) mass is 397 g/mol. The van der Waals surface area contributed by atoms with Gasteiger partial charge >= 0.3 is 5.91 Å². The highest BCUT2D eigenvalue weighted by molar-refractivity contribution is 5.92. The lowest BCUT2D eigenvalue weighted by atomic mass is 10.1. The van der Waals surface area contributed by atoms with Crippen molar-refractivity contribution in [2.24, 2.45) is 5.10 Å². The number of rotatable bonds is 5. The van der Waals surface area contributed by atoms with Gasteiger partial charge in [0, 0.05) is 11.1 Å². The second-order valence-electron chi connectivity index (χ2n) is 6.63. The summed E-state index contributed by atoms with van der Waals surface area (Å²) in [5, 5.41) is 18.2. The van der Waals surface area contributed by atoms with Crippen molar-refractivity contribution in [3.63, 3.8) is 0 Å². The van der Waals surface area contributed by atoms with E-state index in [1.807, 2.05) is 67.6 Å². The van der Waals surface area contributed by atoms with Gasteiger partial charge in [0.05, 0.1) is 11.9 Å². The predicted molar refractivity (Wildman–Crippen MR) is 115 cm³/mol. The van der Waals surface area contributed by atoms with E-state index >= 15 is 0 Å². The Morgan fingerprint density at radius 2 is 1.73 bits per heavy atom. The summed E-state index contributed by atoms with van der Waals surface area (Å²) in [6.45, 7) is 1.90. The maximum absolute atomic E-state index is 12.6. The zero-order valence-electron chi connectivity index (χ0n) is 16.2. The highest BCUT2D eigenvalue weighted by atomic mass is 16.3. The average Bonchev–Trinajstić information content (AvgIpc) is 3.23. The molecule has 0 bridgehead atoms. The van der Waals surface area contributed by atoms with Crippen LogP contribution < -0.4 is 5.43 Å². The molecule has 3 aromatic carbocycles. The Labute approximate surface area is 173 Å². The zero-order valence-corrected chi connectivity index (χ0v) is 16.2. The molecule has 0 saturated heterocycles. The van der Waals surface area contributed by atoms with Crippen LogP contribution in [0.4, 0.5) is 0 Å². The van der Waals surface area contributed by atoms with Gasteiger partial charge in [-0.15, -0.1) is 5.10 Å². The van der Waals surface area contributed by atoms with Crippen LogP contribution in [0.15, 0.2) is 84.0 Å². The van der Waals surface area contributed by atoms with Crippen LogP contribution in [-0.4, -0.2) is 32.0 Å². The number of benzene rings is 3. The first-order valence-electron chi connectivity index (χ1n) is 9.33. The minimum absolute atomic E-state index is 0.0108. The van der Waals surface area contributed by atoms with Crippen LogP contribution in [0.1, 0.15) is 21.7 Å². The second kappa shape index (κ2) is 8.40. The summed E-state index contributed by atoms with van der Waals surface area (Å²) < 4.78 is 1.63. The van der Waals surface area contributed by atoms with Gasteiger partial charge in [-0.25, -0.2) is 15.1 Å². The number of nitrogens with zero attached hydrogens (tertiary/aromatic N) is 4. The van der Waals surface area contributed by atoms with Gasteiger partial charge < -0.3 is 5.11 Å². The molecule has 0 aliphatic rings. The number of aryl methyl sites for hydroxylation is 1. The van der Waals surface area contributed by atoms with Gasteiger partial charge in [0.2, 0.25) is 5.82 Å². The molecule has 0 fully saturated rings. The summed E-state index contributed by atoms with van der Waals surface area (Å²) in [5.41, 5.74) is 5.51. The lowest BCUT2D eigenvalue weighted by Crippen LogP contribution is -2.19. The molecule has 30 heavy (non-hydrogen) atoms. The molecule has 4 rings (SSSR count). The molecule has 7 heteroatoms. The van der Waals surface area contributed by atoms with E-state index in [0.717, 1.165) is 16.8 Å². The molecule has 0 unspecified atom stereocenters. The number of phenols is 1. The number of hydrogen-bond donors (Lipinski definition) is 2. The summed E-state index contributed by atoms with van der Waals surface area (Å²) in [6.07, 6.45) is 1.38. The first-order valence-corrected chi connectivity index (χ1v) is 9.33. The van der Waals surface area contributed by atoms with Crippen molar-refractivity contribution >= 4 is 12.1 Å². The number of hydrogen-bond acceptors (Lipinski definition) is 5. The fourth-order valence-corrected chi connectivity index (χ4v) is 2.92. The van der Waals surface area contributed by atoms with E-state index in [1.54, 1.807) is 22.9 Å². The van der Waals surface area contributed by atoms with E-state index < -0.39 is 5.91 Å². The lowest BCUT2D eigenvalue weighted by Gasteiger charge is -2.05. The zero-order chi connectivity index (χ0) is 20.9. The van der Waals surface area contributed by atoms with Crippen molar-refractivity contribution in [2.45, 2.75) is 6.92 Å². The molecule has 0 saturated carbocycles. The Balaban J connectivity index is 1.62. The van der Waals surface area contributed by atoms with Crippen molar-refractivity contribution in [3.8, 4) is 22.8 Å². The molecule has 1 amide bonds. The van der Waals surface area contributed by atoms with Gasteiger partial charge in [-0.2, -0.15) is 5.10 Å². The fraction of sp³-hybridized carbons (Fsp3) is 0.0435. The molecule has 0 aliphatic heterocycles. The highest BCUT2D eigenvalue weighted by Crippen LogP contribution is 2.21. The molecule has 0 radical (unpaired) electrons. The van der Waals surface area contributed by atoms with E-state index in [4.69, 9.17) is 0 Å². The van der Waals surface area contributed by atoms with Crippen LogP contribution in [0.25, 0.3) is 17.1 Å². The third kappa shape index (κ3) is 4.10. The Morgan fingerprint density at radius 1 is 1.03 bits per heavy atom. The summed E-state index contributed by atoms with van der Waals surface area (Å²) in [5.74, 6) is 0.0669. The molecule has 1 heterocycles. The summed E-state index contributed by atoms with van der Waals surface area (Å²) >= 11 is 0. The van der Waals surface area contributed by atoms with Crippen molar-refractivity contribution in [3.05, 3.63) is 95.8 Å². The Kier molecular flexibility index (Phi) is 5.34. The van der Waals surface area contributed by atoms with Crippen molar-refractivity contribution in [2.75, 3.05) is 0 Å². The van der Waals surface area contributed by atoms with Gasteiger partial charge in [0.15, 0.2) is 5.82 Å². The number of aromatic hydroxyl groups is 1. The molecule has 0 atom stereocenters. The maximum Gasteiger partial charge on any atom is 0.311 e. The minimum atomic E-state index is -0.551. The molecule has 148 valence electrons. The van der Waals surface area contributed by atoms with Crippen molar-refractivity contribution < 1.29 is 9.90 Å². The number of amides is 1. The number of para-hydroxylation sites is 1. The van der Waals surface area contributed by atoms with Crippen LogP contribution in [-0.2, 0) is 0 Å². The van der Waals surface area contributed by atoms with E-state index in [1.165, 1.54) is 6.21 Å². The molecule has 0 spiro atoms. The largest absolute Gasteiger partial charge is 0.507 e. The van der Waals surface area contributed by atoms with Gasteiger partial charge in [-0.05, 0) is 31.2 Å². The van der Waals surface area contributed by atoms with Crippen LogP contribution in [0, 0.1) is 6.92 Å². The average molecular weight is 397 g/mol. The topological polar surface area (TPSA) is 92.4 Å². The third-order valence-corrected chi connectivity index (χ3v) is 4.40. The SMILES string of the molecule is Cc1ccc(O)c(/C=N\NC(=O)c2nc(-c3ccccc3)n(-c3ccccc3)n2)c1. The number of nitrogens with one attached hydrogen (secondary N) is 1. The van der Waals surface area contributed by atoms with E-state index in [0.29, 0.717) is 11.4 Å². The van der Waals surface area contributed by atoms with Gasteiger partial charge in [-0.1, -0.05) is 60.2 Å². The first-order chi connectivity index (χ1) is 14.6. The third-order valence-electron chi connectivity index (χ3n) is 4.40. The number of carbonyl (C=O) groups is 1. The Bertz CT molecular complexity index is 1140. The second-order valence-corrected chi connectivity index (χ2v) is 6.63. The molecule has 1 aromatic heterocycles. The predicted octanol–water partition coefficient (Wildman–Crippen LogP) is 3.71. The lowest BCUT2D eigenvalue weighted by molar-refractivity contribution is 0.0945. The summed E-state index contributed by atoms with van der Waals surface area (Å²) in [4.78, 5) is 17.0. The number of carbonyl (C=O) groups excluding carboxylic acids is 1.